The van der Waals surface area contributed by atoms with Crippen LogP contribution in [0.2, 0.25) is 10.0 Å². The second-order valence-electron chi connectivity index (χ2n) is 4.01. The van der Waals surface area contributed by atoms with Crippen LogP contribution >= 0.6 is 23.2 Å². The Balaban J connectivity index is 2.59. The fourth-order valence-corrected chi connectivity index (χ4v) is 4.20. The molecule has 0 fully saturated rings. The highest BCUT2D eigenvalue weighted by molar-refractivity contribution is 7.85. The summed E-state index contributed by atoms with van der Waals surface area (Å²) in [7, 11) is -2.27. The van der Waals surface area contributed by atoms with Crippen molar-refractivity contribution in [3.05, 3.63) is 22.2 Å². The second kappa shape index (κ2) is 5.19. The van der Waals surface area contributed by atoms with Gasteiger partial charge in [-0.05, 0) is 6.07 Å². The summed E-state index contributed by atoms with van der Waals surface area (Å²) < 4.78 is 31.3. The van der Waals surface area contributed by atoms with E-state index in [1.807, 2.05) is 0 Å². The van der Waals surface area contributed by atoms with Crippen LogP contribution < -0.4 is 10.1 Å². The van der Waals surface area contributed by atoms with Crippen molar-refractivity contribution in [2.75, 3.05) is 20.2 Å². The van der Waals surface area contributed by atoms with Crippen LogP contribution in [0.15, 0.2) is 17.0 Å². The monoisotopic (exact) mass is 323 g/mol. The van der Waals surface area contributed by atoms with Gasteiger partial charge in [0, 0.05) is 13.0 Å². The van der Waals surface area contributed by atoms with Gasteiger partial charge in [0.05, 0.1) is 17.2 Å². The fourth-order valence-electron chi connectivity index (χ4n) is 1.88. The van der Waals surface area contributed by atoms with Crippen LogP contribution in [0, 0.1) is 0 Å². The molecule has 0 spiro atoms. The van der Waals surface area contributed by atoms with E-state index in [1.165, 1.54) is 23.2 Å². The Kier molecular flexibility index (Phi) is 3.94. The molecule has 0 bridgehead atoms. The smallest absolute Gasteiger partial charge is 0.332 e. The highest BCUT2D eigenvalue weighted by Crippen LogP contribution is 2.34. The van der Waals surface area contributed by atoms with Crippen LogP contribution in [0.5, 0.6) is 5.75 Å². The number of hydrogen-bond donors (Lipinski definition) is 1. The van der Waals surface area contributed by atoms with Crippen LogP contribution in [0.3, 0.4) is 0 Å². The third-order valence-electron chi connectivity index (χ3n) is 2.84. The number of methoxy groups -OCH3 is 1. The SMILES string of the molecule is COc1cc(Cl)c(S(=O)(=O)[N+]2=C(C)NCC2)cc1Cl. The van der Waals surface area contributed by atoms with Crippen molar-refractivity contribution in [1.82, 2.24) is 5.32 Å². The molecule has 1 N–H and O–H groups in total. The number of rotatable bonds is 3. The third kappa shape index (κ3) is 2.52. The quantitative estimate of drug-likeness (QED) is 0.860. The minimum absolute atomic E-state index is 0.0250. The van der Waals surface area contributed by atoms with E-state index in [0.29, 0.717) is 24.7 Å². The highest BCUT2D eigenvalue weighted by Gasteiger charge is 2.32. The summed E-state index contributed by atoms with van der Waals surface area (Å²) >= 11 is 12.0. The molecule has 19 heavy (non-hydrogen) atoms. The zero-order valence-electron chi connectivity index (χ0n) is 10.4. The van der Waals surface area contributed by atoms with Gasteiger partial charge in [0.15, 0.2) is 0 Å². The van der Waals surface area contributed by atoms with Crippen molar-refractivity contribution in [3.63, 3.8) is 0 Å². The van der Waals surface area contributed by atoms with E-state index >= 15 is 0 Å². The van der Waals surface area contributed by atoms with Crippen LogP contribution in [0.25, 0.3) is 0 Å². The van der Waals surface area contributed by atoms with Gasteiger partial charge in [0.25, 0.3) is 5.84 Å². The van der Waals surface area contributed by atoms with Gasteiger partial charge >= 0.3 is 10.0 Å². The maximum Gasteiger partial charge on any atom is 0.332 e. The lowest BCUT2D eigenvalue weighted by Crippen LogP contribution is -2.25. The summed E-state index contributed by atoms with van der Waals surface area (Å²) in [5.41, 5.74) is 0. The molecule has 0 amide bonds. The van der Waals surface area contributed by atoms with Crippen molar-refractivity contribution in [2.45, 2.75) is 11.8 Å². The van der Waals surface area contributed by atoms with E-state index in [2.05, 4.69) is 5.32 Å². The summed E-state index contributed by atoms with van der Waals surface area (Å²) in [5, 5.41) is 3.25. The topological polar surface area (TPSA) is 58.4 Å². The minimum atomic E-state index is -3.70. The molecular weight excluding hydrogens is 311 g/mol. The number of halogens is 2. The van der Waals surface area contributed by atoms with Crippen molar-refractivity contribution in [3.8, 4) is 5.75 Å². The molecule has 0 saturated carbocycles. The predicted octanol–water partition coefficient (Wildman–Crippen LogP) is 1.72. The van der Waals surface area contributed by atoms with E-state index < -0.39 is 10.0 Å². The Morgan fingerprint density at radius 3 is 2.53 bits per heavy atom. The summed E-state index contributed by atoms with van der Waals surface area (Å²) in [4.78, 5) is -0.0250. The summed E-state index contributed by atoms with van der Waals surface area (Å²) in [5.74, 6) is 0.911. The van der Waals surface area contributed by atoms with E-state index in [0.717, 1.165) is 0 Å². The number of nitrogens with zero attached hydrogens (tertiary/aromatic N) is 1. The highest BCUT2D eigenvalue weighted by atomic mass is 35.5. The van der Waals surface area contributed by atoms with Gasteiger partial charge in [0.1, 0.15) is 23.7 Å². The largest absolute Gasteiger partial charge is 0.495 e. The van der Waals surface area contributed by atoms with Crippen molar-refractivity contribution < 1.29 is 17.1 Å². The molecule has 0 aromatic heterocycles. The first kappa shape index (κ1) is 14.4. The predicted molar refractivity (Wildman–Crippen MR) is 74.0 cm³/mol. The van der Waals surface area contributed by atoms with Crippen molar-refractivity contribution in [2.24, 2.45) is 0 Å². The molecule has 0 saturated heterocycles. The molecule has 0 radical (unpaired) electrons. The molecule has 0 aliphatic carbocycles. The molecule has 8 heteroatoms. The van der Waals surface area contributed by atoms with Crippen LogP contribution in [-0.4, -0.2) is 38.4 Å². The standard InChI is InChI=1S/C11H12Cl2N2O3S/c1-7-14-3-4-15(7)19(16,17)11-6-8(12)10(18-2)5-9(11)13/h5-6H,3-4H2,1-2H3/p+1. The van der Waals surface area contributed by atoms with Gasteiger partial charge in [-0.25, -0.2) is 0 Å². The lowest BCUT2D eigenvalue weighted by molar-refractivity contribution is -0.353. The number of sulfonamides is 1. The van der Waals surface area contributed by atoms with Crippen molar-refractivity contribution in [1.29, 1.82) is 0 Å². The Hall–Kier alpha value is -0.980. The number of hydrogen-bond acceptors (Lipinski definition) is 4. The maximum atomic E-state index is 12.5. The number of benzene rings is 1. The third-order valence-corrected chi connectivity index (χ3v) is 5.49. The van der Waals surface area contributed by atoms with E-state index in [4.69, 9.17) is 27.9 Å². The van der Waals surface area contributed by atoms with Gasteiger partial charge in [0.2, 0.25) is 0 Å². The first-order valence-corrected chi connectivity index (χ1v) is 7.70. The molecule has 1 aliphatic rings. The molecule has 1 aromatic carbocycles. The van der Waals surface area contributed by atoms with Gasteiger partial charge < -0.3 is 4.74 Å². The van der Waals surface area contributed by atoms with Gasteiger partial charge in [-0.2, -0.15) is 8.42 Å². The van der Waals surface area contributed by atoms with Crippen LogP contribution in [-0.2, 0) is 10.0 Å². The molecule has 104 valence electrons. The maximum absolute atomic E-state index is 12.5. The fraction of sp³-hybridized carbons (Fsp3) is 0.364. The van der Waals surface area contributed by atoms with E-state index in [9.17, 15) is 8.42 Å². The molecule has 0 unspecified atom stereocenters. The van der Waals surface area contributed by atoms with Gasteiger partial charge in [-0.3, -0.25) is 5.32 Å². The lowest BCUT2D eigenvalue weighted by atomic mass is 10.3. The lowest BCUT2D eigenvalue weighted by Gasteiger charge is -2.09. The van der Waals surface area contributed by atoms with Crippen LogP contribution in [0.1, 0.15) is 6.92 Å². The van der Waals surface area contributed by atoms with Crippen molar-refractivity contribution >= 4 is 39.1 Å². The minimum Gasteiger partial charge on any atom is -0.495 e. The van der Waals surface area contributed by atoms with Gasteiger partial charge in [-0.15, -0.1) is 3.98 Å². The molecule has 0 atom stereocenters. The zero-order valence-corrected chi connectivity index (χ0v) is 12.7. The average Bonchev–Trinajstić information content (AvgIpc) is 2.78. The number of nitrogens with one attached hydrogen (secondary N) is 1. The molecule has 2 rings (SSSR count). The molecule has 1 heterocycles. The molecule has 5 nitrogen and oxygen atoms in total. The average molecular weight is 324 g/mol. The summed E-state index contributed by atoms with van der Waals surface area (Å²) in [6.07, 6.45) is 0. The Morgan fingerprint density at radius 2 is 2.00 bits per heavy atom. The summed E-state index contributed by atoms with van der Waals surface area (Å²) in [6, 6.07) is 2.71. The Bertz CT molecular complexity index is 656. The Morgan fingerprint density at radius 1 is 1.32 bits per heavy atom. The van der Waals surface area contributed by atoms with Gasteiger partial charge in [-0.1, -0.05) is 23.2 Å². The number of amidine groups is 1. The molecule has 1 aliphatic heterocycles. The number of ether oxygens (including phenoxy) is 1. The molecule has 1 aromatic rings. The summed E-state index contributed by atoms with van der Waals surface area (Å²) in [6.45, 7) is 2.64. The van der Waals surface area contributed by atoms with E-state index in [1.54, 1.807) is 6.92 Å². The van der Waals surface area contributed by atoms with E-state index in [-0.39, 0.29) is 14.9 Å². The normalized spacial score (nSPS) is 15.6. The Labute approximate surface area is 121 Å². The first-order valence-electron chi connectivity index (χ1n) is 5.51. The zero-order chi connectivity index (χ0) is 14.2. The molecular formula is C11H13Cl2N2O3S+. The van der Waals surface area contributed by atoms with Crippen LogP contribution in [0.4, 0.5) is 0 Å². The first-order chi connectivity index (χ1) is 8.87. The second-order valence-corrected chi connectivity index (χ2v) is 6.65.